The molecule has 0 radical (unpaired) electrons. The third-order valence-corrected chi connectivity index (χ3v) is 3.29. The molecule has 6 nitrogen and oxygen atoms in total. The fourth-order valence-electron chi connectivity index (χ4n) is 1.39. The number of carboxylic acid groups (broad SMARTS) is 1. The van der Waals surface area contributed by atoms with Crippen molar-refractivity contribution < 1.29 is 24.9 Å². The lowest BCUT2D eigenvalue weighted by molar-refractivity contribution is -0.119. The van der Waals surface area contributed by atoms with Crippen molar-refractivity contribution in [2.24, 2.45) is 0 Å². The van der Waals surface area contributed by atoms with E-state index < -0.39 is 18.2 Å². The number of hydrogen-bond donors (Lipinski definition) is 4. The molecule has 1 heterocycles. The van der Waals surface area contributed by atoms with Crippen LogP contribution in [0.4, 0.5) is 0 Å². The Morgan fingerprint density at radius 3 is 2.61 bits per heavy atom. The van der Waals surface area contributed by atoms with Gasteiger partial charge in [0, 0.05) is 13.5 Å². The van der Waals surface area contributed by atoms with Crippen LogP contribution in [0.3, 0.4) is 0 Å². The molecule has 1 rings (SSSR count). The Bertz CT molecular complexity index is 431. The van der Waals surface area contributed by atoms with Crippen molar-refractivity contribution in [3.63, 3.8) is 0 Å². The molecular weight excluding hydrogens is 258 g/mol. The second kappa shape index (κ2) is 6.48. The molecule has 0 aromatic carbocycles. The number of aliphatic hydroxyl groups is 2. The average molecular weight is 273 g/mol. The van der Waals surface area contributed by atoms with Gasteiger partial charge in [-0.05, 0) is 23.4 Å². The molecule has 0 aliphatic carbocycles. The van der Waals surface area contributed by atoms with E-state index in [4.69, 9.17) is 5.11 Å². The van der Waals surface area contributed by atoms with Gasteiger partial charge in [0.15, 0.2) is 0 Å². The maximum absolute atomic E-state index is 10.7. The van der Waals surface area contributed by atoms with Gasteiger partial charge in [-0.3, -0.25) is 4.79 Å². The first-order chi connectivity index (χ1) is 8.41. The van der Waals surface area contributed by atoms with E-state index in [1.165, 1.54) is 18.4 Å². The van der Waals surface area contributed by atoms with Gasteiger partial charge >= 0.3 is 5.97 Å². The normalized spacial score (nSPS) is 13.9. The Hall–Kier alpha value is -1.44. The fraction of sp³-hybridized carbons (Fsp3) is 0.455. The number of thiophene rings is 1. The van der Waals surface area contributed by atoms with E-state index in [0.717, 1.165) is 11.3 Å². The first kappa shape index (κ1) is 14.6. The van der Waals surface area contributed by atoms with E-state index >= 15 is 0 Å². The van der Waals surface area contributed by atoms with Crippen LogP contribution in [0.1, 0.15) is 34.7 Å². The summed E-state index contributed by atoms with van der Waals surface area (Å²) in [7, 11) is 0. The molecule has 0 bridgehead atoms. The van der Waals surface area contributed by atoms with Crippen LogP contribution in [0.25, 0.3) is 0 Å². The highest BCUT2D eigenvalue weighted by molar-refractivity contribution is 7.12. The SMILES string of the molecule is CC(=O)NCCC(O)C(O)c1csc(C(=O)O)c1. The molecule has 100 valence electrons. The zero-order valence-corrected chi connectivity index (χ0v) is 10.6. The summed E-state index contributed by atoms with van der Waals surface area (Å²) in [4.78, 5) is 21.4. The molecule has 0 aliphatic rings. The van der Waals surface area contributed by atoms with Crippen LogP contribution in [0.5, 0.6) is 0 Å². The molecule has 0 fully saturated rings. The van der Waals surface area contributed by atoms with Crippen LogP contribution in [0, 0.1) is 0 Å². The van der Waals surface area contributed by atoms with Crippen molar-refractivity contribution in [1.29, 1.82) is 0 Å². The molecule has 7 heteroatoms. The largest absolute Gasteiger partial charge is 0.477 e. The Balaban J connectivity index is 2.53. The number of aliphatic hydroxyl groups excluding tert-OH is 2. The predicted octanol–water partition coefficient (Wildman–Crippen LogP) is 0.367. The van der Waals surface area contributed by atoms with Gasteiger partial charge in [0.1, 0.15) is 11.0 Å². The Morgan fingerprint density at radius 1 is 1.44 bits per heavy atom. The van der Waals surface area contributed by atoms with E-state index in [1.54, 1.807) is 0 Å². The predicted molar refractivity (Wildman–Crippen MR) is 65.5 cm³/mol. The molecule has 18 heavy (non-hydrogen) atoms. The van der Waals surface area contributed by atoms with E-state index in [-0.39, 0.29) is 23.7 Å². The van der Waals surface area contributed by atoms with Gasteiger partial charge < -0.3 is 20.6 Å². The number of nitrogens with one attached hydrogen (secondary N) is 1. The van der Waals surface area contributed by atoms with E-state index in [1.807, 2.05) is 0 Å². The standard InChI is InChI=1S/C11H15NO5S/c1-6(13)12-3-2-8(14)10(15)7-4-9(11(16)17)18-5-7/h4-5,8,10,14-15H,2-3H2,1H3,(H,12,13)(H,16,17). The highest BCUT2D eigenvalue weighted by Crippen LogP contribution is 2.24. The second-order valence-corrected chi connectivity index (χ2v) is 4.74. The van der Waals surface area contributed by atoms with Gasteiger partial charge in [-0.25, -0.2) is 4.79 Å². The van der Waals surface area contributed by atoms with E-state index in [2.05, 4.69) is 5.32 Å². The lowest BCUT2D eigenvalue weighted by Crippen LogP contribution is -2.27. The van der Waals surface area contributed by atoms with Gasteiger partial charge in [0.05, 0.1) is 6.10 Å². The van der Waals surface area contributed by atoms with Crippen molar-refractivity contribution in [1.82, 2.24) is 5.32 Å². The zero-order valence-electron chi connectivity index (χ0n) is 9.79. The van der Waals surface area contributed by atoms with Gasteiger partial charge in [-0.15, -0.1) is 11.3 Å². The maximum atomic E-state index is 10.7. The van der Waals surface area contributed by atoms with E-state index in [0.29, 0.717) is 5.56 Å². The minimum Gasteiger partial charge on any atom is -0.477 e. The zero-order chi connectivity index (χ0) is 13.7. The van der Waals surface area contributed by atoms with Crippen LogP contribution >= 0.6 is 11.3 Å². The molecule has 1 aromatic rings. The Labute approximate surface area is 108 Å². The first-order valence-corrected chi connectivity index (χ1v) is 6.22. The van der Waals surface area contributed by atoms with Crippen molar-refractivity contribution >= 4 is 23.2 Å². The highest BCUT2D eigenvalue weighted by atomic mass is 32.1. The van der Waals surface area contributed by atoms with Crippen LogP contribution in [-0.4, -0.2) is 39.8 Å². The van der Waals surface area contributed by atoms with Crippen molar-refractivity contribution in [2.75, 3.05) is 6.54 Å². The van der Waals surface area contributed by atoms with Gasteiger partial charge in [-0.2, -0.15) is 0 Å². The van der Waals surface area contributed by atoms with Gasteiger partial charge in [0.2, 0.25) is 5.91 Å². The number of carbonyl (C=O) groups is 2. The Morgan fingerprint density at radius 2 is 2.11 bits per heavy atom. The lowest BCUT2D eigenvalue weighted by atomic mass is 10.0. The molecule has 0 spiro atoms. The lowest BCUT2D eigenvalue weighted by Gasteiger charge is -2.16. The van der Waals surface area contributed by atoms with Crippen molar-refractivity contribution in [3.8, 4) is 0 Å². The minimum absolute atomic E-state index is 0.109. The molecular formula is C11H15NO5S. The van der Waals surface area contributed by atoms with Gasteiger partial charge in [0.25, 0.3) is 0 Å². The van der Waals surface area contributed by atoms with Crippen LogP contribution < -0.4 is 5.32 Å². The molecule has 1 amide bonds. The molecule has 4 N–H and O–H groups in total. The molecule has 0 aliphatic heterocycles. The van der Waals surface area contributed by atoms with Crippen molar-refractivity contribution in [2.45, 2.75) is 25.6 Å². The molecule has 1 aromatic heterocycles. The highest BCUT2D eigenvalue weighted by Gasteiger charge is 2.20. The van der Waals surface area contributed by atoms with Gasteiger partial charge in [-0.1, -0.05) is 0 Å². The molecule has 0 saturated heterocycles. The topological polar surface area (TPSA) is 107 Å². The van der Waals surface area contributed by atoms with E-state index in [9.17, 15) is 19.8 Å². The number of amides is 1. The maximum Gasteiger partial charge on any atom is 0.345 e. The number of hydrogen-bond acceptors (Lipinski definition) is 5. The summed E-state index contributed by atoms with van der Waals surface area (Å²) in [5.41, 5.74) is 0.368. The summed E-state index contributed by atoms with van der Waals surface area (Å²) in [5, 5.41) is 32.2. The fourth-order valence-corrected chi connectivity index (χ4v) is 2.17. The summed E-state index contributed by atoms with van der Waals surface area (Å²) in [5.74, 6) is -1.27. The summed E-state index contributed by atoms with van der Waals surface area (Å²) in [6.45, 7) is 1.62. The monoisotopic (exact) mass is 273 g/mol. The summed E-state index contributed by atoms with van der Waals surface area (Å²) >= 11 is 0.992. The number of carbonyl (C=O) groups excluding carboxylic acids is 1. The van der Waals surface area contributed by atoms with Crippen LogP contribution in [0.2, 0.25) is 0 Å². The second-order valence-electron chi connectivity index (χ2n) is 3.83. The quantitative estimate of drug-likeness (QED) is 0.599. The summed E-state index contributed by atoms with van der Waals surface area (Å²) in [6, 6.07) is 1.33. The third kappa shape index (κ3) is 4.10. The number of aromatic carboxylic acids is 1. The smallest absolute Gasteiger partial charge is 0.345 e. The summed E-state index contributed by atoms with van der Waals surface area (Å²) < 4.78 is 0. The Kier molecular flexibility index (Phi) is 5.26. The van der Waals surface area contributed by atoms with Crippen LogP contribution in [0.15, 0.2) is 11.4 Å². The molecule has 2 atom stereocenters. The molecule has 0 saturated carbocycles. The van der Waals surface area contributed by atoms with Crippen LogP contribution in [-0.2, 0) is 4.79 Å². The number of carboxylic acids is 1. The first-order valence-electron chi connectivity index (χ1n) is 5.34. The van der Waals surface area contributed by atoms with Crippen molar-refractivity contribution in [3.05, 3.63) is 21.9 Å². The summed E-state index contributed by atoms with van der Waals surface area (Å²) in [6.07, 6.45) is -2.00. The third-order valence-electron chi connectivity index (χ3n) is 2.35. The number of rotatable bonds is 6. The molecule has 2 unspecified atom stereocenters. The average Bonchev–Trinajstić information content (AvgIpc) is 2.76. The minimum atomic E-state index is -1.15.